The van der Waals surface area contributed by atoms with Gasteiger partial charge in [-0.25, -0.2) is 4.98 Å². The van der Waals surface area contributed by atoms with Gasteiger partial charge in [0.15, 0.2) is 0 Å². The lowest BCUT2D eigenvalue weighted by molar-refractivity contribution is 0.163. The van der Waals surface area contributed by atoms with Gasteiger partial charge in [0.2, 0.25) is 0 Å². The Hall–Kier alpha value is -1.20. The molecule has 2 aromatic heterocycles. The van der Waals surface area contributed by atoms with Gasteiger partial charge in [-0.3, -0.25) is 4.68 Å². The molecule has 0 aliphatic carbocycles. The van der Waals surface area contributed by atoms with E-state index in [-0.39, 0.29) is 0 Å². The van der Waals surface area contributed by atoms with Crippen LogP contribution in [0.15, 0.2) is 17.8 Å². The lowest BCUT2D eigenvalue weighted by Crippen LogP contribution is -1.99. The smallest absolute Gasteiger partial charge is 0.0971 e. The van der Waals surface area contributed by atoms with Crippen molar-refractivity contribution in [3.63, 3.8) is 0 Å². The van der Waals surface area contributed by atoms with Crippen LogP contribution in [0.25, 0.3) is 0 Å². The van der Waals surface area contributed by atoms with E-state index in [1.165, 1.54) is 0 Å². The van der Waals surface area contributed by atoms with Crippen LogP contribution in [0.5, 0.6) is 0 Å². The molecule has 0 spiro atoms. The lowest BCUT2D eigenvalue weighted by Gasteiger charge is -2.05. The monoisotopic (exact) mass is 237 g/mol. The maximum atomic E-state index is 9.92. The number of thiazole rings is 1. The third-order valence-electron chi connectivity index (χ3n) is 2.44. The Kier molecular flexibility index (Phi) is 3.36. The summed E-state index contributed by atoms with van der Waals surface area (Å²) in [5, 5.41) is 16.9. The minimum atomic E-state index is -0.467. The molecular formula is C11H15N3OS. The minimum Gasteiger partial charge on any atom is -0.387 e. The van der Waals surface area contributed by atoms with Gasteiger partial charge < -0.3 is 5.11 Å². The molecule has 16 heavy (non-hydrogen) atoms. The first-order valence-electron chi connectivity index (χ1n) is 5.23. The van der Waals surface area contributed by atoms with Crippen molar-refractivity contribution in [2.24, 2.45) is 7.05 Å². The summed E-state index contributed by atoms with van der Waals surface area (Å²) in [4.78, 5) is 4.28. The molecule has 2 heterocycles. The van der Waals surface area contributed by atoms with Crippen molar-refractivity contribution in [2.75, 3.05) is 0 Å². The van der Waals surface area contributed by atoms with Crippen molar-refractivity contribution < 1.29 is 5.11 Å². The van der Waals surface area contributed by atoms with Gasteiger partial charge in [0.1, 0.15) is 0 Å². The Morgan fingerprint density at radius 3 is 2.94 bits per heavy atom. The zero-order chi connectivity index (χ0) is 11.5. The highest BCUT2D eigenvalue weighted by molar-refractivity contribution is 7.09. The summed E-state index contributed by atoms with van der Waals surface area (Å²) in [5.41, 5.74) is 1.93. The van der Waals surface area contributed by atoms with Gasteiger partial charge in [0.05, 0.1) is 23.0 Å². The SMILES string of the molecule is Cc1nc(C(O)CCc2cnn(C)c2)cs1. The van der Waals surface area contributed by atoms with Crippen molar-refractivity contribution in [3.8, 4) is 0 Å². The molecule has 0 saturated carbocycles. The largest absolute Gasteiger partial charge is 0.387 e. The third kappa shape index (κ3) is 2.68. The van der Waals surface area contributed by atoms with E-state index in [1.54, 1.807) is 16.0 Å². The van der Waals surface area contributed by atoms with Crippen LogP contribution in [-0.4, -0.2) is 19.9 Å². The molecule has 0 aliphatic rings. The fourth-order valence-electron chi connectivity index (χ4n) is 1.59. The molecule has 0 aliphatic heterocycles. The standard InChI is InChI=1S/C11H15N3OS/c1-8-13-10(7-16-8)11(15)4-3-9-5-12-14(2)6-9/h5-7,11,15H,3-4H2,1-2H3. The zero-order valence-electron chi connectivity index (χ0n) is 9.42. The first kappa shape index (κ1) is 11.3. The predicted octanol–water partition coefficient (Wildman–Crippen LogP) is 1.85. The highest BCUT2D eigenvalue weighted by Crippen LogP contribution is 2.20. The van der Waals surface area contributed by atoms with Gasteiger partial charge in [-0.1, -0.05) is 0 Å². The van der Waals surface area contributed by atoms with Gasteiger partial charge >= 0.3 is 0 Å². The first-order chi connectivity index (χ1) is 7.65. The van der Waals surface area contributed by atoms with E-state index >= 15 is 0 Å². The normalized spacial score (nSPS) is 12.9. The molecular weight excluding hydrogens is 222 g/mol. The Balaban J connectivity index is 1.91. The molecule has 0 fully saturated rings. The second kappa shape index (κ2) is 4.76. The number of aliphatic hydroxyl groups excluding tert-OH is 1. The number of aromatic nitrogens is 3. The molecule has 0 radical (unpaired) electrons. The molecule has 86 valence electrons. The Morgan fingerprint density at radius 2 is 2.38 bits per heavy atom. The minimum absolute atomic E-state index is 0.467. The van der Waals surface area contributed by atoms with Crippen molar-refractivity contribution in [2.45, 2.75) is 25.9 Å². The van der Waals surface area contributed by atoms with E-state index in [0.717, 1.165) is 22.7 Å². The zero-order valence-corrected chi connectivity index (χ0v) is 10.2. The maximum absolute atomic E-state index is 9.92. The van der Waals surface area contributed by atoms with Gasteiger partial charge in [-0.2, -0.15) is 5.10 Å². The summed E-state index contributed by atoms with van der Waals surface area (Å²) >= 11 is 1.57. The van der Waals surface area contributed by atoms with Gasteiger partial charge in [0, 0.05) is 18.6 Å². The van der Waals surface area contributed by atoms with Crippen LogP contribution in [0.3, 0.4) is 0 Å². The second-order valence-corrected chi connectivity index (χ2v) is 4.93. The van der Waals surface area contributed by atoms with Gasteiger partial charge in [0.25, 0.3) is 0 Å². The molecule has 2 aromatic rings. The molecule has 0 amide bonds. The van der Waals surface area contributed by atoms with E-state index in [2.05, 4.69) is 10.1 Å². The molecule has 2 rings (SSSR count). The first-order valence-corrected chi connectivity index (χ1v) is 6.11. The van der Waals surface area contributed by atoms with E-state index in [9.17, 15) is 5.11 Å². The Bertz CT molecular complexity index is 463. The average Bonchev–Trinajstić information content (AvgIpc) is 2.84. The highest BCUT2D eigenvalue weighted by atomic mass is 32.1. The van der Waals surface area contributed by atoms with Crippen molar-refractivity contribution >= 4 is 11.3 Å². The number of aryl methyl sites for hydroxylation is 3. The quantitative estimate of drug-likeness (QED) is 0.883. The topological polar surface area (TPSA) is 50.9 Å². The second-order valence-electron chi connectivity index (χ2n) is 3.87. The van der Waals surface area contributed by atoms with Crippen molar-refractivity contribution in [1.29, 1.82) is 0 Å². The van der Waals surface area contributed by atoms with E-state index in [4.69, 9.17) is 0 Å². The number of nitrogens with zero attached hydrogens (tertiary/aromatic N) is 3. The maximum Gasteiger partial charge on any atom is 0.0971 e. The van der Waals surface area contributed by atoms with E-state index in [0.29, 0.717) is 6.42 Å². The molecule has 0 saturated heterocycles. The molecule has 0 bridgehead atoms. The van der Waals surface area contributed by atoms with Crippen LogP contribution in [0.4, 0.5) is 0 Å². The summed E-state index contributed by atoms with van der Waals surface area (Å²) in [6.07, 6.45) is 4.85. The lowest BCUT2D eigenvalue weighted by atomic mass is 10.1. The van der Waals surface area contributed by atoms with Crippen LogP contribution in [0.1, 0.15) is 28.8 Å². The summed E-state index contributed by atoms with van der Waals surface area (Å²) < 4.78 is 1.77. The van der Waals surface area contributed by atoms with E-state index < -0.39 is 6.10 Å². The van der Waals surface area contributed by atoms with Crippen molar-refractivity contribution in [3.05, 3.63) is 34.0 Å². The summed E-state index contributed by atoms with van der Waals surface area (Å²) in [5.74, 6) is 0. The number of aliphatic hydroxyl groups is 1. The molecule has 5 heteroatoms. The molecule has 1 unspecified atom stereocenters. The summed E-state index contributed by atoms with van der Waals surface area (Å²) in [6.45, 7) is 1.95. The van der Waals surface area contributed by atoms with Gasteiger partial charge in [-0.15, -0.1) is 11.3 Å². The number of hydrogen-bond acceptors (Lipinski definition) is 4. The fraction of sp³-hybridized carbons (Fsp3) is 0.455. The van der Waals surface area contributed by atoms with Crippen LogP contribution >= 0.6 is 11.3 Å². The third-order valence-corrected chi connectivity index (χ3v) is 3.23. The Morgan fingerprint density at radius 1 is 1.56 bits per heavy atom. The fourth-order valence-corrected chi connectivity index (χ4v) is 2.24. The molecule has 1 atom stereocenters. The van der Waals surface area contributed by atoms with Crippen LogP contribution in [0.2, 0.25) is 0 Å². The van der Waals surface area contributed by atoms with Gasteiger partial charge in [-0.05, 0) is 25.3 Å². The summed E-state index contributed by atoms with van der Waals surface area (Å²) in [7, 11) is 1.89. The summed E-state index contributed by atoms with van der Waals surface area (Å²) in [6, 6.07) is 0. The Labute approximate surface area is 98.6 Å². The van der Waals surface area contributed by atoms with Crippen LogP contribution < -0.4 is 0 Å². The van der Waals surface area contributed by atoms with Crippen LogP contribution in [-0.2, 0) is 13.5 Å². The number of hydrogen-bond donors (Lipinski definition) is 1. The van der Waals surface area contributed by atoms with Crippen LogP contribution in [0, 0.1) is 6.92 Å². The molecule has 1 N–H and O–H groups in total. The predicted molar refractivity (Wildman–Crippen MR) is 63.3 cm³/mol. The van der Waals surface area contributed by atoms with E-state index in [1.807, 2.05) is 31.7 Å². The highest BCUT2D eigenvalue weighted by Gasteiger charge is 2.11. The average molecular weight is 237 g/mol. The van der Waals surface area contributed by atoms with Crippen molar-refractivity contribution in [1.82, 2.24) is 14.8 Å². The molecule has 0 aromatic carbocycles. The number of rotatable bonds is 4. The molecule has 4 nitrogen and oxygen atoms in total.